The number of benzene rings is 4. The molecule has 4 bridgehead atoms. The van der Waals surface area contributed by atoms with Crippen molar-refractivity contribution in [2.45, 2.75) is 38.0 Å². The van der Waals surface area contributed by atoms with Crippen LogP contribution in [-0.2, 0) is 35.8 Å². The summed E-state index contributed by atoms with van der Waals surface area (Å²) in [5, 5.41) is 20.0. The van der Waals surface area contributed by atoms with Gasteiger partial charge in [-0.3, -0.25) is 29.3 Å². The van der Waals surface area contributed by atoms with Gasteiger partial charge in [-0.2, -0.15) is 0 Å². The molecule has 4 aliphatic rings. The average Bonchev–Trinajstić information content (AvgIpc) is 3.76. The topological polar surface area (TPSA) is 161 Å². The first-order chi connectivity index (χ1) is 29.5. The van der Waals surface area contributed by atoms with Gasteiger partial charge in [-0.25, -0.2) is 10.3 Å². The highest BCUT2D eigenvalue weighted by atomic mass is 16.5. The first-order valence-electron chi connectivity index (χ1n) is 20.2. The van der Waals surface area contributed by atoms with Crippen LogP contribution in [0.3, 0.4) is 0 Å². The van der Waals surface area contributed by atoms with Crippen molar-refractivity contribution < 1.29 is 34.3 Å². The zero-order chi connectivity index (χ0) is 42.7. The van der Waals surface area contributed by atoms with Gasteiger partial charge in [-0.05, 0) is 46.5 Å². The smallest absolute Gasteiger partial charge is 0.326 e. The summed E-state index contributed by atoms with van der Waals surface area (Å²) < 4.78 is 4.44. The normalized spacial score (nSPS) is 18.2. The number of amides is 5. The maximum atomic E-state index is 13.2. The number of fused-ring (bicyclic) bond motifs is 12. The van der Waals surface area contributed by atoms with Crippen molar-refractivity contribution in [3.63, 3.8) is 0 Å². The molecular formula is C47H45N7O7. The first-order valence-corrected chi connectivity index (χ1v) is 20.2. The number of rotatable bonds is 7. The van der Waals surface area contributed by atoms with Crippen molar-refractivity contribution in [1.29, 1.82) is 0 Å². The third-order valence-electron chi connectivity index (χ3n) is 12.6. The molecule has 14 nitrogen and oxygen atoms in total. The number of carbonyl (C=O) groups excluding carboxylic acids is 5. The van der Waals surface area contributed by atoms with Crippen molar-refractivity contribution in [2.24, 2.45) is 0 Å². The Morgan fingerprint density at radius 3 is 1.70 bits per heavy atom. The number of urea groups is 1. The third-order valence-corrected chi connectivity index (χ3v) is 12.6. The zero-order valence-corrected chi connectivity index (χ0v) is 33.9. The minimum atomic E-state index is -0.534. The van der Waals surface area contributed by atoms with Gasteiger partial charge in [0, 0.05) is 90.3 Å². The Morgan fingerprint density at radius 1 is 0.672 bits per heavy atom. The Hall–Kier alpha value is -7.03. The largest absolute Gasteiger partial charge is 0.388 e. The number of nitrogens with one attached hydrogen (secondary N) is 1. The van der Waals surface area contributed by atoms with Crippen LogP contribution in [0.5, 0.6) is 0 Å². The van der Waals surface area contributed by atoms with Crippen LogP contribution in [0.4, 0.5) is 4.79 Å². The van der Waals surface area contributed by atoms with Gasteiger partial charge in [0.05, 0.1) is 31.5 Å². The van der Waals surface area contributed by atoms with Gasteiger partial charge in [0.15, 0.2) is 5.78 Å². The van der Waals surface area contributed by atoms with Crippen molar-refractivity contribution in [1.82, 2.24) is 34.2 Å². The number of carbonyl (C=O) groups is 5. The first kappa shape index (κ1) is 39.4. The monoisotopic (exact) mass is 819 g/mol. The van der Waals surface area contributed by atoms with Crippen LogP contribution in [0.25, 0.3) is 21.8 Å². The Labute approximate surface area is 351 Å². The number of ketones is 1. The van der Waals surface area contributed by atoms with Gasteiger partial charge in [-0.1, -0.05) is 79.4 Å². The van der Waals surface area contributed by atoms with Gasteiger partial charge in [0.1, 0.15) is 6.61 Å². The lowest BCUT2D eigenvalue weighted by atomic mass is 9.89. The number of Topliss-reactive ketones (excluding diaryl/α,β-unsaturated/α-hetero) is 1. The van der Waals surface area contributed by atoms with E-state index >= 15 is 0 Å². The minimum absolute atomic E-state index is 0.131. The lowest BCUT2D eigenvalue weighted by molar-refractivity contribution is -0.132. The van der Waals surface area contributed by atoms with E-state index in [9.17, 15) is 24.0 Å². The Kier molecular flexibility index (Phi) is 10.0. The van der Waals surface area contributed by atoms with Crippen LogP contribution in [0.15, 0.2) is 109 Å². The van der Waals surface area contributed by atoms with Crippen LogP contribution in [-0.4, -0.2) is 109 Å². The number of aliphatic hydroxyl groups is 1. The second-order valence-corrected chi connectivity index (χ2v) is 16.1. The van der Waals surface area contributed by atoms with E-state index in [0.717, 1.165) is 61.1 Å². The number of hydrogen-bond donors (Lipinski definition) is 3. The van der Waals surface area contributed by atoms with Crippen molar-refractivity contribution in [3.8, 4) is 0 Å². The molecule has 0 spiro atoms. The summed E-state index contributed by atoms with van der Waals surface area (Å²) in [4.78, 5) is 68.9. The highest BCUT2D eigenvalue weighted by Gasteiger charge is 2.45. The molecule has 310 valence electrons. The SMILES string of the molecule is C=C1CN(C)C(=O)C2CN1Cc1c2c2ccccc2n1Cc1ccc(C(=O)NO)cc1.CN1C(=O)C2CN(Cc3c2c2ccccc2n3Cc2ccc(C(=O)CO)cc2)C1=O. The Balaban J connectivity index is 0.000000156. The lowest BCUT2D eigenvalue weighted by Gasteiger charge is -2.41. The molecule has 61 heavy (non-hydrogen) atoms. The number of likely N-dealkylation sites (N-methyl/N-ethyl adjacent to an activating group) is 2. The molecule has 2 atom stereocenters. The number of nitrogens with zero attached hydrogens (tertiary/aromatic N) is 6. The average molecular weight is 820 g/mol. The third kappa shape index (κ3) is 6.73. The second kappa shape index (κ2) is 15.5. The standard InChI is InChI=1S/C24H24N4O3.C23H21N3O4/c1-15-11-26(2)24(30)19-13-27(15)14-21-22(19)18-5-3-4-6-20(18)28(21)12-16-7-9-17(10-8-16)23(29)25-31;1-24-22(29)17-11-25(23(24)30)12-19-21(17)16-4-2-3-5-18(16)26(19)10-14-6-8-15(9-7-14)20(28)13-27/h3-10,19,31H,1,11-14H2,2H3,(H,25,29);2-9,17,27H,10-13H2,1H3. The quantitative estimate of drug-likeness (QED) is 0.115. The van der Waals surface area contributed by atoms with Crippen molar-refractivity contribution >= 4 is 51.3 Å². The summed E-state index contributed by atoms with van der Waals surface area (Å²) in [5.41, 5.74) is 11.9. The molecule has 3 N–H and O–H groups in total. The van der Waals surface area contributed by atoms with Gasteiger partial charge in [0.25, 0.3) is 5.91 Å². The number of hydrogen-bond acceptors (Lipinski definition) is 8. The summed E-state index contributed by atoms with van der Waals surface area (Å²) >= 11 is 0. The van der Waals surface area contributed by atoms with E-state index in [2.05, 4.69) is 32.7 Å². The fourth-order valence-electron chi connectivity index (χ4n) is 9.49. The highest BCUT2D eigenvalue weighted by molar-refractivity contribution is 6.04. The van der Waals surface area contributed by atoms with Gasteiger partial charge < -0.3 is 28.9 Å². The molecule has 5 amide bonds. The van der Waals surface area contributed by atoms with E-state index in [1.165, 1.54) is 4.90 Å². The van der Waals surface area contributed by atoms with Gasteiger partial charge in [0.2, 0.25) is 11.8 Å². The lowest BCUT2D eigenvalue weighted by Crippen LogP contribution is -2.56. The minimum Gasteiger partial charge on any atom is -0.388 e. The van der Waals surface area contributed by atoms with Crippen molar-refractivity contribution in [3.05, 3.63) is 154 Å². The molecule has 2 fully saturated rings. The Bertz CT molecular complexity index is 2790. The van der Waals surface area contributed by atoms with E-state index in [4.69, 9.17) is 10.3 Å². The number of para-hydroxylation sites is 2. The molecule has 10 rings (SSSR count). The van der Waals surface area contributed by atoms with Crippen LogP contribution >= 0.6 is 0 Å². The molecule has 4 aliphatic heterocycles. The molecule has 4 aromatic carbocycles. The number of aromatic nitrogens is 2. The molecule has 14 heteroatoms. The van der Waals surface area contributed by atoms with Crippen LogP contribution in [0.1, 0.15) is 66.2 Å². The van der Waals surface area contributed by atoms with E-state index in [1.807, 2.05) is 67.7 Å². The van der Waals surface area contributed by atoms with E-state index < -0.39 is 12.5 Å². The van der Waals surface area contributed by atoms with Crippen LogP contribution < -0.4 is 5.48 Å². The van der Waals surface area contributed by atoms with Crippen molar-refractivity contribution in [2.75, 3.05) is 40.3 Å². The van der Waals surface area contributed by atoms with E-state index in [1.54, 1.807) is 46.6 Å². The molecule has 0 saturated carbocycles. The van der Waals surface area contributed by atoms with E-state index in [0.29, 0.717) is 56.9 Å². The zero-order valence-electron chi connectivity index (χ0n) is 33.9. The number of hydroxylamine groups is 1. The highest BCUT2D eigenvalue weighted by Crippen LogP contribution is 2.42. The fourth-order valence-corrected chi connectivity index (χ4v) is 9.49. The fraction of sp³-hybridized carbons (Fsp3) is 0.255. The number of aliphatic hydroxyl groups excluding tert-OH is 1. The molecule has 6 aromatic rings. The summed E-state index contributed by atoms with van der Waals surface area (Å²) in [7, 11) is 3.39. The summed E-state index contributed by atoms with van der Waals surface area (Å²) in [6.45, 7) is 7.68. The predicted octanol–water partition coefficient (Wildman–Crippen LogP) is 5.05. The van der Waals surface area contributed by atoms with Gasteiger partial charge >= 0.3 is 6.03 Å². The van der Waals surface area contributed by atoms with Crippen LogP contribution in [0, 0.1) is 0 Å². The molecule has 0 aliphatic carbocycles. The Morgan fingerprint density at radius 2 is 1.16 bits per heavy atom. The molecule has 6 heterocycles. The molecular weight excluding hydrogens is 775 g/mol. The second-order valence-electron chi connectivity index (χ2n) is 16.1. The van der Waals surface area contributed by atoms with Gasteiger partial charge in [-0.15, -0.1) is 0 Å². The van der Waals surface area contributed by atoms with Crippen LogP contribution in [0.2, 0.25) is 0 Å². The summed E-state index contributed by atoms with van der Waals surface area (Å²) in [6, 6.07) is 30.3. The molecule has 2 saturated heterocycles. The molecule has 2 unspecified atom stereocenters. The summed E-state index contributed by atoms with van der Waals surface area (Å²) in [5.74, 6) is -1.44. The maximum absolute atomic E-state index is 13.2. The summed E-state index contributed by atoms with van der Waals surface area (Å²) in [6.07, 6.45) is 0. The molecule has 2 aromatic heterocycles. The molecule has 0 radical (unpaired) electrons. The predicted molar refractivity (Wildman–Crippen MR) is 227 cm³/mol. The number of imide groups is 1. The maximum Gasteiger partial charge on any atom is 0.326 e. The van der Waals surface area contributed by atoms with E-state index in [-0.39, 0.29) is 35.5 Å².